The Morgan fingerprint density at radius 2 is 1.06 bits per heavy atom. The number of alkyl halides is 3. The van der Waals surface area contributed by atoms with Crippen molar-refractivity contribution in [2.75, 3.05) is 0 Å². The van der Waals surface area contributed by atoms with Gasteiger partial charge in [-0.15, -0.1) is 0 Å². The first-order valence-electron chi connectivity index (χ1n) is 10.4. The Morgan fingerprint density at radius 1 is 0.800 bits per heavy atom. The van der Waals surface area contributed by atoms with Crippen LogP contribution in [0.2, 0.25) is 0 Å². The summed E-state index contributed by atoms with van der Waals surface area (Å²) in [5.41, 5.74) is -3.27. The Hall–Kier alpha value is 0.502. The molecular formula is C20H39F3O9P2Pd+2. The number of aliphatic hydroxyl groups is 1. The fourth-order valence-corrected chi connectivity index (χ4v) is 5.22. The zero-order chi connectivity index (χ0) is 27.8. The Balaban J connectivity index is 0. The van der Waals surface area contributed by atoms with Crippen molar-refractivity contribution < 1.29 is 76.1 Å². The summed E-state index contributed by atoms with van der Waals surface area (Å²) in [6.07, 6.45) is -5.19. The Kier molecular flexibility index (Phi) is 13.0. The van der Waals surface area contributed by atoms with Crippen molar-refractivity contribution in [1.29, 1.82) is 0 Å². The van der Waals surface area contributed by atoms with Crippen LogP contribution in [0.5, 0.6) is 0 Å². The van der Waals surface area contributed by atoms with Gasteiger partial charge >= 0.3 is 35.2 Å². The zero-order valence-electron chi connectivity index (χ0n) is 22.2. The first-order chi connectivity index (χ1) is 14.6. The van der Waals surface area contributed by atoms with Crippen LogP contribution >= 0.6 is 17.2 Å². The monoisotopic (exact) mass is 648 g/mol. The van der Waals surface area contributed by atoms with Crippen molar-refractivity contribution in [3.05, 3.63) is 0 Å². The maximum absolute atomic E-state index is 10.8. The van der Waals surface area contributed by atoms with Gasteiger partial charge in [-0.3, -0.25) is 0 Å². The molecule has 2 heterocycles. The summed E-state index contributed by atoms with van der Waals surface area (Å²) in [6, 6.07) is 0. The SMILES string of the molecule is CC(C)(O)C(C)(C)O[PH+]1OC(C)(C)C(C)(C)O1.CC1(C)O[PH+]([O-])OC1(C)C.O=C([O-])C(F)(F)F.[Pd+2]. The van der Waals surface area contributed by atoms with Crippen molar-refractivity contribution in [2.24, 2.45) is 0 Å². The number of carbonyl (C=O) groups is 1. The van der Waals surface area contributed by atoms with Crippen LogP contribution in [0.3, 0.4) is 0 Å². The molecule has 15 heteroatoms. The van der Waals surface area contributed by atoms with Crippen LogP contribution in [0.25, 0.3) is 0 Å². The minimum absolute atomic E-state index is 0. The van der Waals surface area contributed by atoms with Gasteiger partial charge in [0.2, 0.25) is 8.60 Å². The average Bonchev–Trinajstić information content (AvgIpc) is 2.82. The third-order valence-corrected chi connectivity index (χ3v) is 9.68. The van der Waals surface area contributed by atoms with Crippen LogP contribution in [0.4, 0.5) is 13.2 Å². The van der Waals surface area contributed by atoms with Crippen molar-refractivity contribution >= 4 is 23.2 Å². The minimum Gasteiger partial charge on any atom is -0.633 e. The summed E-state index contributed by atoms with van der Waals surface area (Å²) in [6.45, 7) is 22.6. The largest absolute Gasteiger partial charge is 2.00 e. The molecule has 212 valence electrons. The van der Waals surface area contributed by atoms with E-state index in [0.717, 1.165) is 0 Å². The molecule has 0 bridgehead atoms. The number of rotatable bonds is 3. The quantitative estimate of drug-likeness (QED) is 0.362. The Bertz CT molecular complexity index is 677. The maximum atomic E-state index is 10.8. The van der Waals surface area contributed by atoms with Gasteiger partial charge in [0.05, 0.1) is 5.60 Å². The molecule has 2 aliphatic rings. The van der Waals surface area contributed by atoms with Gasteiger partial charge in [-0.2, -0.15) is 26.7 Å². The van der Waals surface area contributed by atoms with E-state index in [1.54, 1.807) is 13.8 Å². The first kappa shape index (κ1) is 37.7. The molecular weight excluding hydrogens is 610 g/mol. The van der Waals surface area contributed by atoms with Crippen LogP contribution in [0.1, 0.15) is 83.1 Å². The fraction of sp³-hybridized carbons (Fsp3) is 0.950. The van der Waals surface area contributed by atoms with Crippen molar-refractivity contribution in [2.45, 2.75) is 123 Å². The average molecular weight is 649 g/mol. The maximum Gasteiger partial charge on any atom is 2.00 e. The fourth-order valence-electron chi connectivity index (χ4n) is 1.74. The normalized spacial score (nSPS) is 23.3. The Morgan fingerprint density at radius 3 is 1.23 bits per heavy atom. The molecule has 0 atom stereocenters. The molecule has 2 rings (SSSR count). The predicted molar refractivity (Wildman–Crippen MR) is 120 cm³/mol. The third-order valence-electron chi connectivity index (χ3n) is 6.30. The summed E-state index contributed by atoms with van der Waals surface area (Å²) in [5.74, 6) is -3.01. The molecule has 2 saturated heterocycles. The molecule has 1 N–H and O–H groups in total. The molecule has 0 unspecified atom stereocenters. The van der Waals surface area contributed by atoms with E-state index in [1.807, 2.05) is 69.2 Å². The van der Waals surface area contributed by atoms with Crippen LogP contribution in [-0.2, 0) is 47.8 Å². The second kappa shape index (κ2) is 12.1. The summed E-state index contributed by atoms with van der Waals surface area (Å²) in [5, 5.41) is 18.8. The van der Waals surface area contributed by atoms with Gasteiger partial charge in [0, 0.05) is 0 Å². The first-order valence-corrected chi connectivity index (χ1v) is 12.9. The van der Waals surface area contributed by atoms with Crippen LogP contribution in [0, 0.1) is 0 Å². The molecule has 0 radical (unpaired) electrons. The molecule has 0 aromatic rings. The van der Waals surface area contributed by atoms with E-state index < -0.39 is 51.8 Å². The number of carbonyl (C=O) groups excluding carboxylic acids is 1. The molecule has 0 saturated carbocycles. The van der Waals surface area contributed by atoms with Gasteiger partial charge < -0.3 is 19.9 Å². The van der Waals surface area contributed by atoms with Crippen molar-refractivity contribution in [3.8, 4) is 0 Å². The van der Waals surface area contributed by atoms with E-state index in [-0.39, 0.29) is 31.6 Å². The number of halogens is 3. The molecule has 0 amide bonds. The molecule has 35 heavy (non-hydrogen) atoms. The summed E-state index contributed by atoms with van der Waals surface area (Å²) >= 11 is 0. The van der Waals surface area contributed by atoms with Gasteiger partial charge in [-0.25, -0.2) is 9.05 Å². The van der Waals surface area contributed by atoms with E-state index in [9.17, 15) is 23.2 Å². The Labute approximate surface area is 222 Å². The molecule has 0 aromatic heterocycles. The second-order valence-corrected chi connectivity index (χ2v) is 12.9. The topological polar surface area (TPSA) is 130 Å². The van der Waals surface area contributed by atoms with Crippen molar-refractivity contribution in [1.82, 2.24) is 0 Å². The third kappa shape index (κ3) is 10.6. The smallest absolute Gasteiger partial charge is 0.633 e. The van der Waals surface area contributed by atoms with Gasteiger partial charge in [0.1, 0.15) is 34.0 Å². The molecule has 0 aliphatic carbocycles. The van der Waals surface area contributed by atoms with E-state index >= 15 is 0 Å². The number of aliphatic carboxylic acids is 1. The minimum atomic E-state index is -5.19. The number of carboxylic acid groups (broad SMARTS) is 1. The van der Waals surface area contributed by atoms with Gasteiger partial charge in [0.15, 0.2) is 0 Å². The van der Waals surface area contributed by atoms with Crippen LogP contribution < -0.4 is 10.00 Å². The molecule has 0 aromatic carbocycles. The number of hydrogen-bond acceptors (Lipinski definition) is 9. The predicted octanol–water partition coefficient (Wildman–Crippen LogP) is 3.32. The molecule has 9 nitrogen and oxygen atoms in total. The van der Waals surface area contributed by atoms with Crippen molar-refractivity contribution in [3.63, 3.8) is 0 Å². The summed E-state index contributed by atoms with van der Waals surface area (Å²) in [4.78, 5) is 19.6. The standard InChI is InChI=1S/C12H26O4P.C6H13O3P.C2HF3O2.Pd/c1-9(2,13)10(3,4)14-17-15-11(5,6)12(7,8)16-17;1-5(2)6(3,4)9-10(7)8-5;3-2(4,5)1(6)7;/h13,17H,1-8H3;10H,1-4H3;(H,6,7);/q+1;;;+2/p-1. The zero-order valence-corrected chi connectivity index (χ0v) is 25.7. The number of carboxylic acids is 1. The molecule has 2 fully saturated rings. The van der Waals surface area contributed by atoms with E-state index in [1.165, 1.54) is 0 Å². The van der Waals surface area contributed by atoms with E-state index in [0.29, 0.717) is 0 Å². The summed E-state index contributed by atoms with van der Waals surface area (Å²) in [7, 11) is -4.04. The van der Waals surface area contributed by atoms with Crippen LogP contribution in [-0.4, -0.2) is 50.9 Å². The van der Waals surface area contributed by atoms with E-state index in [4.69, 9.17) is 32.5 Å². The number of hydrogen-bond donors (Lipinski definition) is 1. The van der Waals surface area contributed by atoms with E-state index in [2.05, 4.69) is 0 Å². The molecule has 2 aliphatic heterocycles. The van der Waals surface area contributed by atoms with Crippen LogP contribution in [0.15, 0.2) is 0 Å². The van der Waals surface area contributed by atoms with Gasteiger partial charge in [0.25, 0.3) is 0 Å². The second-order valence-electron chi connectivity index (χ2n) is 10.9. The molecule has 0 spiro atoms. The summed E-state index contributed by atoms with van der Waals surface area (Å²) < 4.78 is 59.2. The van der Waals surface area contributed by atoms with Gasteiger partial charge in [-0.1, -0.05) is 0 Å². The van der Waals surface area contributed by atoms with Gasteiger partial charge in [-0.05, 0) is 83.1 Å².